The predicted octanol–water partition coefficient (Wildman–Crippen LogP) is 2.61. The summed E-state index contributed by atoms with van der Waals surface area (Å²) < 4.78 is 15.2. The summed E-state index contributed by atoms with van der Waals surface area (Å²) in [6, 6.07) is 10.2. The summed E-state index contributed by atoms with van der Waals surface area (Å²) in [6.07, 6.45) is -0.864. The van der Waals surface area contributed by atoms with Crippen molar-refractivity contribution in [2.75, 3.05) is 14.2 Å². The molecular weight excluding hydrogens is 302 g/mol. The van der Waals surface area contributed by atoms with Crippen LogP contribution in [0.1, 0.15) is 12.7 Å². The first-order chi connectivity index (χ1) is 10.9. The maximum Gasteiger partial charge on any atom is 0.408 e. The van der Waals surface area contributed by atoms with Crippen LogP contribution in [0.4, 0.5) is 4.79 Å². The van der Waals surface area contributed by atoms with Gasteiger partial charge in [-0.3, -0.25) is 5.32 Å². The van der Waals surface area contributed by atoms with E-state index in [1.807, 2.05) is 0 Å². The molecule has 1 amide bonds. The minimum absolute atomic E-state index is 0.0845. The average Bonchev–Trinajstić information content (AvgIpc) is 3.05. The molecule has 0 aliphatic heterocycles. The Labute approximate surface area is 132 Å². The third kappa shape index (κ3) is 3.28. The van der Waals surface area contributed by atoms with Gasteiger partial charge in [0.05, 0.1) is 14.2 Å². The first-order valence-corrected chi connectivity index (χ1v) is 6.75. The van der Waals surface area contributed by atoms with E-state index in [9.17, 15) is 14.7 Å². The van der Waals surface area contributed by atoms with Crippen molar-refractivity contribution in [3.8, 4) is 17.1 Å². The normalized spacial score (nSPS) is 13.0. The van der Waals surface area contributed by atoms with Crippen LogP contribution in [0.3, 0.4) is 0 Å². The number of nitrogens with one attached hydrogen (secondary N) is 1. The lowest BCUT2D eigenvalue weighted by atomic mass is 10.00. The molecule has 122 valence electrons. The summed E-state index contributed by atoms with van der Waals surface area (Å²) in [5.74, 6) is -0.00944. The van der Waals surface area contributed by atoms with Crippen molar-refractivity contribution >= 4 is 12.1 Å². The lowest BCUT2D eigenvalue weighted by Crippen LogP contribution is -2.49. The maximum atomic E-state index is 11.6. The zero-order valence-electron chi connectivity index (χ0n) is 13.0. The quantitative estimate of drug-likeness (QED) is 0.879. The number of methoxy groups -OCH3 is 2. The molecule has 2 N–H and O–H groups in total. The lowest BCUT2D eigenvalue weighted by molar-refractivity contribution is -0.145. The van der Waals surface area contributed by atoms with E-state index < -0.39 is 17.6 Å². The highest BCUT2D eigenvalue weighted by Gasteiger charge is 2.40. The fraction of sp³-hybridized carbons (Fsp3) is 0.250. The maximum absolute atomic E-state index is 11.6. The summed E-state index contributed by atoms with van der Waals surface area (Å²) in [6.45, 7) is 1.32. The van der Waals surface area contributed by atoms with Gasteiger partial charge in [-0.25, -0.2) is 9.59 Å². The van der Waals surface area contributed by atoms with E-state index in [1.54, 1.807) is 37.4 Å². The van der Waals surface area contributed by atoms with Gasteiger partial charge in [0, 0.05) is 5.56 Å². The van der Waals surface area contributed by atoms with E-state index >= 15 is 0 Å². The summed E-state index contributed by atoms with van der Waals surface area (Å²) in [5, 5.41) is 11.7. The molecule has 0 fully saturated rings. The van der Waals surface area contributed by atoms with Gasteiger partial charge in [0.1, 0.15) is 17.3 Å². The molecule has 7 heteroatoms. The summed E-state index contributed by atoms with van der Waals surface area (Å²) in [5.41, 5.74) is -0.986. The van der Waals surface area contributed by atoms with E-state index in [0.29, 0.717) is 11.5 Å². The molecule has 7 nitrogen and oxygen atoms in total. The fourth-order valence-electron chi connectivity index (χ4n) is 1.99. The Morgan fingerprint density at radius 3 is 2.30 bits per heavy atom. The van der Waals surface area contributed by atoms with E-state index in [1.165, 1.54) is 13.0 Å². The van der Waals surface area contributed by atoms with Gasteiger partial charge in [0.25, 0.3) is 0 Å². The molecule has 0 unspecified atom stereocenters. The van der Waals surface area contributed by atoms with Crippen LogP contribution >= 0.6 is 0 Å². The van der Waals surface area contributed by atoms with Gasteiger partial charge < -0.3 is 19.0 Å². The predicted molar refractivity (Wildman–Crippen MR) is 81.2 cm³/mol. The van der Waals surface area contributed by atoms with Gasteiger partial charge in [-0.1, -0.05) is 0 Å². The third-order valence-electron chi connectivity index (χ3n) is 3.44. The number of carbonyl (C=O) groups is 2. The molecule has 0 saturated heterocycles. The summed E-state index contributed by atoms with van der Waals surface area (Å²) in [7, 11) is 2.72. The monoisotopic (exact) mass is 319 g/mol. The number of aliphatic carboxylic acids is 1. The van der Waals surface area contributed by atoms with Crippen LogP contribution < -0.4 is 10.1 Å². The van der Waals surface area contributed by atoms with Crippen LogP contribution in [0.15, 0.2) is 40.8 Å². The molecule has 1 atom stereocenters. The van der Waals surface area contributed by atoms with Crippen LogP contribution in [0.25, 0.3) is 11.3 Å². The van der Waals surface area contributed by atoms with E-state index in [-0.39, 0.29) is 5.76 Å². The topological polar surface area (TPSA) is 98.0 Å². The molecule has 0 radical (unpaired) electrons. The number of amides is 1. The highest BCUT2D eigenvalue weighted by Crippen LogP contribution is 2.30. The minimum atomic E-state index is -1.74. The molecule has 0 aliphatic carbocycles. The average molecular weight is 319 g/mol. The van der Waals surface area contributed by atoms with Crippen molar-refractivity contribution in [1.82, 2.24) is 5.32 Å². The highest BCUT2D eigenvalue weighted by molar-refractivity contribution is 5.84. The van der Waals surface area contributed by atoms with Gasteiger partial charge >= 0.3 is 12.1 Å². The second-order valence-electron chi connectivity index (χ2n) is 4.94. The van der Waals surface area contributed by atoms with Crippen LogP contribution in [-0.4, -0.2) is 31.4 Å². The second kappa shape index (κ2) is 6.43. The minimum Gasteiger partial charge on any atom is -0.497 e. The van der Waals surface area contributed by atoms with Crippen LogP contribution in [0, 0.1) is 0 Å². The SMILES string of the molecule is COC(=O)N[C@](C)(C(=O)O)c1ccc(-c2ccc(OC)cc2)o1. The van der Waals surface area contributed by atoms with E-state index in [4.69, 9.17) is 9.15 Å². The van der Waals surface area contributed by atoms with Crippen LogP contribution in [-0.2, 0) is 15.1 Å². The molecule has 1 aromatic heterocycles. The number of carboxylic acids is 1. The van der Waals surface area contributed by atoms with E-state index in [2.05, 4.69) is 10.1 Å². The number of carbonyl (C=O) groups excluding carboxylic acids is 1. The number of alkyl carbamates (subject to hydrolysis) is 1. The van der Waals surface area contributed by atoms with E-state index in [0.717, 1.165) is 12.7 Å². The zero-order valence-corrected chi connectivity index (χ0v) is 13.0. The zero-order chi connectivity index (χ0) is 17.0. The van der Waals surface area contributed by atoms with Crippen molar-refractivity contribution < 1.29 is 28.6 Å². The third-order valence-corrected chi connectivity index (χ3v) is 3.44. The molecule has 0 spiro atoms. The number of benzene rings is 1. The molecule has 2 aromatic rings. The summed E-state index contributed by atoms with van der Waals surface area (Å²) >= 11 is 0. The Hall–Kier alpha value is -2.96. The standard InChI is InChI=1S/C16H17NO6/c1-16(14(18)19,17-15(20)22-3)13-9-8-12(23-13)10-4-6-11(21-2)7-5-10/h4-9H,1-3H3,(H,17,20)(H,18,19)/t16-/m0/s1. The molecule has 1 heterocycles. The number of ether oxygens (including phenoxy) is 2. The second-order valence-corrected chi connectivity index (χ2v) is 4.94. The number of rotatable bonds is 5. The number of furan rings is 1. The summed E-state index contributed by atoms with van der Waals surface area (Å²) in [4.78, 5) is 23.0. The lowest BCUT2D eigenvalue weighted by Gasteiger charge is -2.23. The van der Waals surface area contributed by atoms with Crippen molar-refractivity contribution in [3.63, 3.8) is 0 Å². The van der Waals surface area contributed by atoms with Crippen LogP contribution in [0.2, 0.25) is 0 Å². The molecule has 0 aliphatic rings. The van der Waals surface area contributed by atoms with Gasteiger partial charge in [0.2, 0.25) is 0 Å². The Bertz CT molecular complexity index is 706. The molecular formula is C16H17NO6. The Balaban J connectivity index is 2.34. The molecule has 0 saturated carbocycles. The molecule has 0 bridgehead atoms. The Morgan fingerprint density at radius 1 is 1.13 bits per heavy atom. The smallest absolute Gasteiger partial charge is 0.408 e. The first-order valence-electron chi connectivity index (χ1n) is 6.75. The van der Waals surface area contributed by atoms with Crippen molar-refractivity contribution in [2.45, 2.75) is 12.5 Å². The van der Waals surface area contributed by atoms with Gasteiger partial charge in [-0.05, 0) is 43.3 Å². The molecule has 23 heavy (non-hydrogen) atoms. The van der Waals surface area contributed by atoms with Crippen molar-refractivity contribution in [3.05, 3.63) is 42.2 Å². The highest BCUT2D eigenvalue weighted by atomic mass is 16.5. The number of carboxylic acid groups (broad SMARTS) is 1. The van der Waals surface area contributed by atoms with Crippen molar-refractivity contribution in [2.24, 2.45) is 0 Å². The Kier molecular flexibility index (Phi) is 4.59. The largest absolute Gasteiger partial charge is 0.497 e. The van der Waals surface area contributed by atoms with Gasteiger partial charge in [-0.2, -0.15) is 0 Å². The molecule has 2 rings (SSSR count). The van der Waals surface area contributed by atoms with Gasteiger partial charge in [0.15, 0.2) is 5.54 Å². The Morgan fingerprint density at radius 2 is 1.78 bits per heavy atom. The van der Waals surface area contributed by atoms with Crippen LogP contribution in [0.5, 0.6) is 5.75 Å². The van der Waals surface area contributed by atoms with Gasteiger partial charge in [-0.15, -0.1) is 0 Å². The number of hydrogen-bond donors (Lipinski definition) is 2. The first kappa shape index (κ1) is 16.4. The fourth-order valence-corrected chi connectivity index (χ4v) is 1.99. The van der Waals surface area contributed by atoms with Crippen molar-refractivity contribution in [1.29, 1.82) is 0 Å². The molecule has 1 aromatic carbocycles. The number of hydrogen-bond acceptors (Lipinski definition) is 5.